The summed E-state index contributed by atoms with van der Waals surface area (Å²) in [4.78, 5) is 15.4. The summed E-state index contributed by atoms with van der Waals surface area (Å²) in [6, 6.07) is 15.0. The number of sulfonamides is 1. The Kier molecular flexibility index (Phi) is 7.25. The molecule has 0 aliphatic carbocycles. The van der Waals surface area contributed by atoms with Crippen molar-refractivity contribution in [2.75, 3.05) is 44.7 Å². The van der Waals surface area contributed by atoms with Gasteiger partial charge in [-0.1, -0.05) is 29.8 Å². The van der Waals surface area contributed by atoms with Crippen LogP contribution in [-0.2, 0) is 26.1 Å². The largest absolute Gasteiger partial charge is 0.379 e. The van der Waals surface area contributed by atoms with Crippen molar-refractivity contribution < 1.29 is 17.9 Å². The van der Waals surface area contributed by atoms with Gasteiger partial charge in [-0.05, 0) is 62.7 Å². The minimum absolute atomic E-state index is 0.00349. The Labute approximate surface area is 190 Å². The number of amides is 1. The molecule has 0 unspecified atom stereocenters. The van der Waals surface area contributed by atoms with E-state index in [9.17, 15) is 13.2 Å². The molecule has 0 radical (unpaired) electrons. The first kappa shape index (κ1) is 22.9. The highest BCUT2D eigenvalue weighted by molar-refractivity contribution is 7.89. The smallest absolute Gasteiger partial charge is 0.243 e. The fourth-order valence-corrected chi connectivity index (χ4v) is 5.60. The highest BCUT2D eigenvalue weighted by atomic mass is 32.2. The molecule has 2 aliphatic heterocycles. The third-order valence-electron chi connectivity index (χ3n) is 6.21. The molecular weight excluding hydrogens is 426 g/mol. The van der Waals surface area contributed by atoms with E-state index >= 15 is 0 Å². The number of aryl methyl sites for hydroxylation is 1. The normalized spacial score (nSPS) is 19.0. The summed E-state index contributed by atoms with van der Waals surface area (Å²) in [5.41, 5.74) is 3.18. The minimum atomic E-state index is -3.53. The highest BCUT2D eigenvalue weighted by Gasteiger charge is 2.27. The van der Waals surface area contributed by atoms with Crippen molar-refractivity contribution >= 4 is 21.6 Å². The summed E-state index contributed by atoms with van der Waals surface area (Å²) in [5, 5.41) is 2.95. The monoisotopic (exact) mass is 457 g/mol. The quantitative estimate of drug-likeness (QED) is 0.722. The molecule has 0 bridgehead atoms. The molecule has 172 valence electrons. The van der Waals surface area contributed by atoms with Gasteiger partial charge < -0.3 is 10.1 Å². The first-order valence-corrected chi connectivity index (χ1v) is 12.6. The number of rotatable bonds is 6. The van der Waals surface area contributed by atoms with Crippen LogP contribution in [0.5, 0.6) is 0 Å². The lowest BCUT2D eigenvalue weighted by Gasteiger charge is -2.31. The Morgan fingerprint density at radius 1 is 0.969 bits per heavy atom. The van der Waals surface area contributed by atoms with Crippen LogP contribution in [0.3, 0.4) is 0 Å². The zero-order valence-corrected chi connectivity index (χ0v) is 19.3. The standard InChI is InChI=1S/C24H31N3O4S/c1-19-2-4-20(5-3-19)18-26-12-10-21(11-13-26)24(28)25-22-6-8-23(9-7-22)32(29,30)27-14-16-31-17-15-27/h2-9,21H,10-18H2,1H3,(H,25,28). The molecule has 2 aliphatic rings. The predicted octanol–water partition coefficient (Wildman–Crippen LogP) is 2.87. The first-order chi connectivity index (χ1) is 15.4. The molecule has 7 nitrogen and oxygen atoms in total. The molecule has 0 spiro atoms. The lowest BCUT2D eigenvalue weighted by molar-refractivity contribution is -0.121. The summed E-state index contributed by atoms with van der Waals surface area (Å²) in [6.07, 6.45) is 1.64. The van der Waals surface area contributed by atoms with Gasteiger partial charge in [0.05, 0.1) is 18.1 Å². The molecule has 2 aromatic rings. The van der Waals surface area contributed by atoms with E-state index in [0.29, 0.717) is 32.0 Å². The minimum Gasteiger partial charge on any atom is -0.379 e. The van der Waals surface area contributed by atoms with Crippen LogP contribution in [0.15, 0.2) is 53.4 Å². The second kappa shape index (κ2) is 10.1. The summed E-state index contributed by atoms with van der Waals surface area (Å²) in [6.45, 7) is 6.34. The van der Waals surface area contributed by atoms with Crippen molar-refractivity contribution in [2.45, 2.75) is 31.2 Å². The van der Waals surface area contributed by atoms with E-state index in [1.54, 1.807) is 24.3 Å². The molecule has 2 heterocycles. The summed E-state index contributed by atoms with van der Waals surface area (Å²) in [5.74, 6) is -0.0233. The van der Waals surface area contributed by atoms with E-state index in [2.05, 4.69) is 41.4 Å². The van der Waals surface area contributed by atoms with Crippen LogP contribution in [-0.4, -0.2) is 62.9 Å². The highest BCUT2D eigenvalue weighted by Crippen LogP contribution is 2.23. The van der Waals surface area contributed by atoms with E-state index in [0.717, 1.165) is 32.5 Å². The number of piperidine rings is 1. The fourth-order valence-electron chi connectivity index (χ4n) is 4.20. The number of morpholine rings is 1. The summed E-state index contributed by atoms with van der Waals surface area (Å²) in [7, 11) is -3.53. The molecule has 0 atom stereocenters. The van der Waals surface area contributed by atoms with Crippen LogP contribution in [0.1, 0.15) is 24.0 Å². The number of carbonyl (C=O) groups is 1. The van der Waals surface area contributed by atoms with E-state index in [1.807, 2.05) is 0 Å². The molecular formula is C24H31N3O4S. The summed E-state index contributed by atoms with van der Waals surface area (Å²) < 4.78 is 32.1. The molecule has 2 fully saturated rings. The van der Waals surface area contributed by atoms with Crippen LogP contribution < -0.4 is 5.32 Å². The number of hydrogen-bond acceptors (Lipinski definition) is 5. The molecule has 4 rings (SSSR count). The molecule has 0 saturated carbocycles. The fraction of sp³-hybridized carbons (Fsp3) is 0.458. The number of benzene rings is 2. The van der Waals surface area contributed by atoms with Gasteiger partial charge in [-0.25, -0.2) is 8.42 Å². The Morgan fingerprint density at radius 3 is 2.22 bits per heavy atom. The maximum absolute atomic E-state index is 12.7. The third-order valence-corrected chi connectivity index (χ3v) is 8.13. The summed E-state index contributed by atoms with van der Waals surface area (Å²) >= 11 is 0. The van der Waals surface area contributed by atoms with Crippen LogP contribution in [0, 0.1) is 12.8 Å². The van der Waals surface area contributed by atoms with Crippen molar-refractivity contribution in [1.29, 1.82) is 0 Å². The van der Waals surface area contributed by atoms with Crippen LogP contribution in [0.2, 0.25) is 0 Å². The van der Waals surface area contributed by atoms with E-state index in [-0.39, 0.29) is 16.7 Å². The predicted molar refractivity (Wildman–Crippen MR) is 124 cm³/mol. The third kappa shape index (κ3) is 5.56. The van der Waals surface area contributed by atoms with Gasteiger partial charge >= 0.3 is 0 Å². The average molecular weight is 458 g/mol. The Morgan fingerprint density at radius 2 is 1.59 bits per heavy atom. The number of anilines is 1. The molecule has 8 heteroatoms. The SMILES string of the molecule is Cc1ccc(CN2CCC(C(=O)Nc3ccc(S(=O)(=O)N4CCOCC4)cc3)CC2)cc1. The van der Waals surface area contributed by atoms with Gasteiger partial charge in [-0.3, -0.25) is 9.69 Å². The Balaban J connectivity index is 1.28. The zero-order valence-electron chi connectivity index (χ0n) is 18.5. The van der Waals surface area contributed by atoms with Crippen molar-refractivity contribution in [1.82, 2.24) is 9.21 Å². The van der Waals surface area contributed by atoms with Gasteiger partial charge in [0.25, 0.3) is 0 Å². The Bertz CT molecular complexity index is 1010. The number of nitrogens with zero attached hydrogens (tertiary/aromatic N) is 2. The lowest BCUT2D eigenvalue weighted by Crippen LogP contribution is -2.40. The van der Waals surface area contributed by atoms with Crippen molar-refractivity contribution in [3.8, 4) is 0 Å². The van der Waals surface area contributed by atoms with Gasteiger partial charge in [0.2, 0.25) is 15.9 Å². The van der Waals surface area contributed by atoms with Gasteiger partial charge in [-0.15, -0.1) is 0 Å². The van der Waals surface area contributed by atoms with E-state index in [4.69, 9.17) is 4.74 Å². The van der Waals surface area contributed by atoms with Gasteiger partial charge in [-0.2, -0.15) is 4.31 Å². The molecule has 1 amide bonds. The van der Waals surface area contributed by atoms with Crippen molar-refractivity contribution in [2.24, 2.45) is 5.92 Å². The maximum Gasteiger partial charge on any atom is 0.243 e. The van der Waals surface area contributed by atoms with Crippen molar-refractivity contribution in [3.63, 3.8) is 0 Å². The first-order valence-electron chi connectivity index (χ1n) is 11.2. The number of hydrogen-bond donors (Lipinski definition) is 1. The topological polar surface area (TPSA) is 79.0 Å². The Hall–Kier alpha value is -2.26. The van der Waals surface area contributed by atoms with Crippen LogP contribution in [0.4, 0.5) is 5.69 Å². The second-order valence-electron chi connectivity index (χ2n) is 8.57. The van der Waals surface area contributed by atoms with Crippen molar-refractivity contribution in [3.05, 3.63) is 59.7 Å². The van der Waals surface area contributed by atoms with E-state index in [1.165, 1.54) is 15.4 Å². The van der Waals surface area contributed by atoms with E-state index < -0.39 is 10.0 Å². The molecule has 0 aromatic heterocycles. The molecule has 2 aromatic carbocycles. The van der Waals surface area contributed by atoms with Gasteiger partial charge in [0.1, 0.15) is 0 Å². The maximum atomic E-state index is 12.7. The van der Waals surface area contributed by atoms with Crippen LogP contribution in [0.25, 0.3) is 0 Å². The number of carbonyl (C=O) groups excluding carboxylic acids is 1. The second-order valence-corrected chi connectivity index (χ2v) is 10.5. The molecule has 32 heavy (non-hydrogen) atoms. The molecule has 2 saturated heterocycles. The van der Waals surface area contributed by atoms with Crippen LogP contribution >= 0.6 is 0 Å². The number of ether oxygens (including phenoxy) is 1. The lowest BCUT2D eigenvalue weighted by atomic mass is 9.95. The number of nitrogens with one attached hydrogen (secondary N) is 1. The number of likely N-dealkylation sites (tertiary alicyclic amines) is 1. The molecule has 1 N–H and O–H groups in total. The average Bonchev–Trinajstić information content (AvgIpc) is 2.82. The zero-order chi connectivity index (χ0) is 22.6. The van der Waals surface area contributed by atoms with Gasteiger partial charge in [0, 0.05) is 31.2 Å². The van der Waals surface area contributed by atoms with Gasteiger partial charge in [0.15, 0.2) is 0 Å².